The van der Waals surface area contributed by atoms with Crippen molar-refractivity contribution in [2.24, 2.45) is 0 Å². The lowest BCUT2D eigenvalue weighted by Gasteiger charge is -2.26. The molecule has 3 heteroatoms. The van der Waals surface area contributed by atoms with Gasteiger partial charge in [-0.25, -0.2) is 0 Å². The van der Waals surface area contributed by atoms with Gasteiger partial charge in [0.15, 0.2) is 0 Å². The Labute approximate surface area is 317 Å². The van der Waals surface area contributed by atoms with Crippen LogP contribution in [0.25, 0.3) is 88.0 Å². The number of hydrogen-bond donors (Lipinski definition) is 0. The van der Waals surface area contributed by atoms with Crippen molar-refractivity contribution in [3.8, 4) is 33.4 Å². The van der Waals surface area contributed by atoms with Crippen LogP contribution in [0.1, 0.15) is 0 Å². The fraction of sp³-hybridized carbons (Fsp3) is 0. The first-order valence-corrected chi connectivity index (χ1v) is 18.7. The normalized spacial score (nSPS) is 11.6. The molecule has 0 spiro atoms. The molecule has 0 atom stereocenters. The van der Waals surface area contributed by atoms with Crippen molar-refractivity contribution in [3.05, 3.63) is 200 Å². The zero-order valence-electron chi connectivity index (χ0n) is 29.8. The highest BCUT2D eigenvalue weighted by molar-refractivity contribution is 6.17. The highest BCUT2D eigenvalue weighted by atomic mass is 16.3. The van der Waals surface area contributed by atoms with E-state index >= 15 is 0 Å². The van der Waals surface area contributed by atoms with Gasteiger partial charge < -0.3 is 13.7 Å². The summed E-state index contributed by atoms with van der Waals surface area (Å²) >= 11 is 0. The second-order valence-corrected chi connectivity index (χ2v) is 14.1. The SMILES string of the molecule is c1ccc(-c2ccc(N(c3ccc(-c4cccc5c4oc4ccccc45)cc3)c3ccc(-c4cccc5c4oc4c6ccccc6ccc54)cc3)cc2)cc1. The minimum Gasteiger partial charge on any atom is -0.455 e. The lowest BCUT2D eigenvalue weighted by Crippen LogP contribution is -2.09. The van der Waals surface area contributed by atoms with E-state index in [-0.39, 0.29) is 0 Å². The molecule has 0 saturated heterocycles. The van der Waals surface area contributed by atoms with Gasteiger partial charge in [0.05, 0.1) is 0 Å². The Bertz CT molecular complexity index is 3170. The van der Waals surface area contributed by atoms with Crippen LogP contribution in [0.3, 0.4) is 0 Å². The molecule has 9 aromatic carbocycles. The predicted molar refractivity (Wildman–Crippen MR) is 229 cm³/mol. The Kier molecular flexibility index (Phi) is 7.17. The van der Waals surface area contributed by atoms with Crippen molar-refractivity contribution < 1.29 is 8.83 Å². The summed E-state index contributed by atoms with van der Waals surface area (Å²) in [4.78, 5) is 2.32. The van der Waals surface area contributed by atoms with E-state index in [4.69, 9.17) is 8.83 Å². The lowest BCUT2D eigenvalue weighted by molar-refractivity contribution is 0.670. The van der Waals surface area contributed by atoms with Crippen LogP contribution in [-0.2, 0) is 0 Å². The first-order chi connectivity index (χ1) is 27.3. The third-order valence-electron chi connectivity index (χ3n) is 10.9. The van der Waals surface area contributed by atoms with E-state index in [1.54, 1.807) is 0 Å². The van der Waals surface area contributed by atoms with E-state index in [0.717, 1.165) is 88.6 Å². The van der Waals surface area contributed by atoms with Crippen LogP contribution < -0.4 is 4.90 Å². The molecule has 0 saturated carbocycles. The zero-order chi connectivity index (χ0) is 36.3. The van der Waals surface area contributed by atoms with Gasteiger partial charge in [-0.1, -0.05) is 152 Å². The van der Waals surface area contributed by atoms with Crippen molar-refractivity contribution in [2.75, 3.05) is 4.90 Å². The summed E-state index contributed by atoms with van der Waals surface area (Å²) in [5, 5.41) is 6.83. The molecule has 11 aromatic rings. The topological polar surface area (TPSA) is 29.5 Å². The third-order valence-corrected chi connectivity index (χ3v) is 10.9. The van der Waals surface area contributed by atoms with Gasteiger partial charge >= 0.3 is 0 Å². The molecule has 0 unspecified atom stereocenters. The first kappa shape index (κ1) is 31.2. The fourth-order valence-electron chi connectivity index (χ4n) is 8.19. The smallest absolute Gasteiger partial charge is 0.143 e. The number of hydrogen-bond acceptors (Lipinski definition) is 3. The quantitative estimate of drug-likeness (QED) is 0.173. The molecular formula is C52H33NO2. The summed E-state index contributed by atoms with van der Waals surface area (Å²) in [6.07, 6.45) is 0. The van der Waals surface area contributed by atoms with Crippen LogP contribution in [0.5, 0.6) is 0 Å². The summed E-state index contributed by atoms with van der Waals surface area (Å²) < 4.78 is 13.1. The van der Waals surface area contributed by atoms with Crippen LogP contribution in [-0.4, -0.2) is 0 Å². The van der Waals surface area contributed by atoms with Gasteiger partial charge in [-0.05, 0) is 76.2 Å². The number of para-hydroxylation sites is 3. The van der Waals surface area contributed by atoms with E-state index in [1.165, 1.54) is 16.5 Å². The lowest BCUT2D eigenvalue weighted by atomic mass is 10.00. The second-order valence-electron chi connectivity index (χ2n) is 14.1. The molecule has 3 nitrogen and oxygen atoms in total. The van der Waals surface area contributed by atoms with Crippen LogP contribution in [0.2, 0.25) is 0 Å². The fourth-order valence-corrected chi connectivity index (χ4v) is 8.19. The largest absolute Gasteiger partial charge is 0.455 e. The molecule has 0 radical (unpaired) electrons. The minimum atomic E-state index is 0.903. The van der Waals surface area contributed by atoms with Crippen LogP contribution in [0.15, 0.2) is 209 Å². The average Bonchev–Trinajstić information content (AvgIpc) is 3.84. The van der Waals surface area contributed by atoms with Gasteiger partial charge in [0, 0.05) is 55.1 Å². The molecule has 0 aliphatic carbocycles. The van der Waals surface area contributed by atoms with Gasteiger partial charge in [0.1, 0.15) is 22.3 Å². The Hall–Kier alpha value is -7.36. The highest BCUT2D eigenvalue weighted by Gasteiger charge is 2.18. The molecule has 55 heavy (non-hydrogen) atoms. The molecule has 0 aliphatic rings. The molecule has 0 aliphatic heterocycles. The third kappa shape index (κ3) is 5.20. The summed E-state index contributed by atoms with van der Waals surface area (Å²) in [6.45, 7) is 0. The van der Waals surface area contributed by atoms with Crippen molar-refractivity contribution >= 4 is 71.7 Å². The maximum absolute atomic E-state index is 6.69. The molecule has 11 rings (SSSR count). The predicted octanol–water partition coefficient (Wildman–Crippen LogP) is 15.1. The summed E-state index contributed by atoms with van der Waals surface area (Å²) in [5.41, 5.74) is 13.6. The van der Waals surface area contributed by atoms with Crippen molar-refractivity contribution in [2.45, 2.75) is 0 Å². The molecule has 0 amide bonds. The minimum absolute atomic E-state index is 0.903. The van der Waals surface area contributed by atoms with Gasteiger partial charge in [-0.2, -0.15) is 0 Å². The van der Waals surface area contributed by atoms with Crippen LogP contribution in [0, 0.1) is 0 Å². The summed E-state index contributed by atoms with van der Waals surface area (Å²) in [5.74, 6) is 0. The number of rotatable bonds is 6. The molecule has 0 fully saturated rings. The molecule has 2 heterocycles. The second kappa shape index (κ2) is 12.6. The zero-order valence-corrected chi connectivity index (χ0v) is 29.8. The van der Waals surface area contributed by atoms with E-state index in [9.17, 15) is 0 Å². The van der Waals surface area contributed by atoms with E-state index in [2.05, 4.69) is 193 Å². The molecule has 0 bridgehead atoms. The Morgan fingerprint density at radius 3 is 1.40 bits per heavy atom. The number of fused-ring (bicyclic) bond motifs is 8. The molecule has 2 aromatic heterocycles. The van der Waals surface area contributed by atoms with Gasteiger partial charge in [0.25, 0.3) is 0 Å². The van der Waals surface area contributed by atoms with E-state index in [0.29, 0.717) is 0 Å². The first-order valence-electron chi connectivity index (χ1n) is 18.7. The number of furan rings is 2. The number of benzene rings is 9. The van der Waals surface area contributed by atoms with Gasteiger partial charge in [-0.15, -0.1) is 0 Å². The standard InChI is InChI=1S/C52H33NO2/c1-2-10-34(11-3-1)35-20-27-39(28-21-35)53(40-29-22-37(23-30-40)43-15-8-17-46-45-14-6-7-19-49(45)54-50(43)46)41-31-24-38(25-32-41)44-16-9-18-47-48-33-26-36-12-4-5-13-42(36)52(48)55-51(44)47/h1-33H. The number of nitrogens with zero attached hydrogens (tertiary/aromatic N) is 1. The maximum Gasteiger partial charge on any atom is 0.143 e. The van der Waals surface area contributed by atoms with Crippen molar-refractivity contribution in [3.63, 3.8) is 0 Å². The average molecular weight is 704 g/mol. The van der Waals surface area contributed by atoms with Crippen LogP contribution >= 0.6 is 0 Å². The molecule has 0 N–H and O–H groups in total. The Balaban J connectivity index is 1.00. The molecular weight excluding hydrogens is 671 g/mol. The van der Waals surface area contributed by atoms with Crippen molar-refractivity contribution in [1.82, 2.24) is 0 Å². The molecule has 258 valence electrons. The van der Waals surface area contributed by atoms with E-state index in [1.807, 2.05) is 12.1 Å². The van der Waals surface area contributed by atoms with Crippen LogP contribution in [0.4, 0.5) is 17.1 Å². The van der Waals surface area contributed by atoms with Gasteiger partial charge in [-0.3, -0.25) is 0 Å². The van der Waals surface area contributed by atoms with E-state index < -0.39 is 0 Å². The van der Waals surface area contributed by atoms with Crippen molar-refractivity contribution in [1.29, 1.82) is 0 Å². The maximum atomic E-state index is 6.69. The summed E-state index contributed by atoms with van der Waals surface area (Å²) in [7, 11) is 0. The highest BCUT2D eigenvalue weighted by Crippen LogP contribution is 2.42. The summed E-state index contributed by atoms with van der Waals surface area (Å²) in [6, 6.07) is 70.8. The number of anilines is 3. The Morgan fingerprint density at radius 2 is 0.745 bits per heavy atom. The monoisotopic (exact) mass is 703 g/mol. The Morgan fingerprint density at radius 1 is 0.273 bits per heavy atom. The van der Waals surface area contributed by atoms with Gasteiger partial charge in [0.2, 0.25) is 0 Å².